The maximum Gasteiger partial charge on any atom is 0.264 e. The summed E-state index contributed by atoms with van der Waals surface area (Å²) in [7, 11) is -2.83. The molecule has 1 spiro atoms. The van der Waals surface area contributed by atoms with Crippen LogP contribution in [0.25, 0.3) is 0 Å². The van der Waals surface area contributed by atoms with Crippen LogP contribution in [-0.4, -0.2) is 61.7 Å². The van der Waals surface area contributed by atoms with Crippen molar-refractivity contribution in [2.24, 2.45) is 5.92 Å². The lowest BCUT2D eigenvalue weighted by atomic mass is 9.82. The smallest absolute Gasteiger partial charge is 0.264 e. The largest absolute Gasteiger partial charge is 0.432 e. The lowest BCUT2D eigenvalue weighted by Gasteiger charge is -2.33. The normalized spacial score (nSPS) is 27.9. The van der Waals surface area contributed by atoms with E-state index < -0.39 is 20.0 Å². The van der Waals surface area contributed by atoms with Gasteiger partial charge in [-0.05, 0) is 81.1 Å². The monoisotopic (exact) mass is 605 g/mol. The van der Waals surface area contributed by atoms with Gasteiger partial charge in [-0.2, -0.15) is 0 Å². The molecule has 0 saturated carbocycles. The standard InChI is InChI=1S/C33H43N3O6Si/c1-22-31(43(2,3)41)28(15-18-37)42-33(22)26-20-25(35-17-7-5-12-30(35)39)13-14-27(26)36(32(33)40)21-23-9-8-10-24(19-23)34-16-6-4-11-29(34)38/h8-10,13-14,19-20,22,28,31,37,41H,4-7,11-12,15-18,21H2,1-3H3/t22-,28+,31-,33+/m0/s1. The van der Waals surface area contributed by atoms with Gasteiger partial charge in [0.25, 0.3) is 5.91 Å². The second-order valence-corrected chi connectivity index (χ2v) is 17.1. The summed E-state index contributed by atoms with van der Waals surface area (Å²) in [6.07, 6.45) is 4.57. The van der Waals surface area contributed by atoms with Gasteiger partial charge in [-0.25, -0.2) is 0 Å². The number of piperidine rings is 2. The number of ether oxygens (including phenoxy) is 1. The Balaban J connectivity index is 1.42. The Kier molecular flexibility index (Phi) is 8.00. The number of carbonyl (C=O) groups excluding carboxylic acids is 3. The van der Waals surface area contributed by atoms with Gasteiger partial charge in [-0.15, -0.1) is 0 Å². The molecular formula is C33H43N3O6Si. The zero-order chi connectivity index (χ0) is 30.5. The summed E-state index contributed by atoms with van der Waals surface area (Å²) in [5.41, 5.74) is 2.31. The molecule has 230 valence electrons. The topological polar surface area (TPSA) is 111 Å². The minimum Gasteiger partial charge on any atom is -0.432 e. The molecule has 3 amide bonds. The number of fused-ring (bicyclic) bond motifs is 2. The van der Waals surface area contributed by atoms with Crippen LogP contribution in [0, 0.1) is 5.92 Å². The SMILES string of the molecule is C[C@H]1[C@H]([Si](C)(C)O)[C@@H](CCO)O[C@]12C(=O)N(Cc1cccc(N3CCCCC3=O)c1)c1ccc(N3CCCCC3=O)cc12. The summed E-state index contributed by atoms with van der Waals surface area (Å²) in [5.74, 6) is -0.350. The van der Waals surface area contributed by atoms with Crippen LogP contribution in [0.4, 0.5) is 17.1 Å². The Morgan fingerprint density at radius 3 is 2.19 bits per heavy atom. The maximum absolute atomic E-state index is 14.7. The van der Waals surface area contributed by atoms with Crippen molar-refractivity contribution in [1.82, 2.24) is 0 Å². The molecule has 0 bridgehead atoms. The number of carbonyl (C=O) groups is 3. The number of aliphatic hydroxyl groups excluding tert-OH is 1. The van der Waals surface area contributed by atoms with Crippen LogP contribution < -0.4 is 14.7 Å². The van der Waals surface area contributed by atoms with Gasteiger partial charge >= 0.3 is 0 Å². The predicted octanol–water partition coefficient (Wildman–Crippen LogP) is 4.45. The summed E-state index contributed by atoms with van der Waals surface area (Å²) in [5, 5.41) is 9.92. The number of hydrogen-bond donors (Lipinski definition) is 2. The van der Waals surface area contributed by atoms with E-state index in [0.717, 1.165) is 48.3 Å². The predicted molar refractivity (Wildman–Crippen MR) is 167 cm³/mol. The average Bonchev–Trinajstić information content (AvgIpc) is 3.40. The number of hydrogen-bond acceptors (Lipinski definition) is 6. The zero-order valence-electron chi connectivity index (χ0n) is 25.4. The fourth-order valence-corrected chi connectivity index (χ4v) is 10.6. The molecule has 4 heterocycles. The van der Waals surface area contributed by atoms with Gasteiger partial charge < -0.3 is 29.3 Å². The summed E-state index contributed by atoms with van der Waals surface area (Å²) in [6, 6.07) is 13.6. The highest BCUT2D eigenvalue weighted by atomic mass is 28.4. The van der Waals surface area contributed by atoms with Crippen LogP contribution >= 0.6 is 0 Å². The first-order chi connectivity index (χ1) is 20.6. The Morgan fingerprint density at radius 2 is 1.58 bits per heavy atom. The number of nitrogens with zero attached hydrogens (tertiary/aromatic N) is 3. The molecule has 0 aliphatic carbocycles. The van der Waals surface area contributed by atoms with Crippen LogP contribution in [0.5, 0.6) is 0 Å². The van der Waals surface area contributed by atoms with E-state index in [-0.39, 0.29) is 42.3 Å². The number of anilines is 3. The maximum atomic E-state index is 14.7. The highest BCUT2D eigenvalue weighted by Crippen LogP contribution is 2.60. The molecule has 0 unspecified atom stereocenters. The van der Waals surface area contributed by atoms with Gasteiger partial charge in [0.15, 0.2) is 13.9 Å². The minimum absolute atomic E-state index is 0.0748. The van der Waals surface area contributed by atoms with Gasteiger partial charge in [-0.3, -0.25) is 14.4 Å². The van der Waals surface area contributed by atoms with Crippen LogP contribution in [-0.2, 0) is 31.3 Å². The van der Waals surface area contributed by atoms with Gasteiger partial charge in [0, 0.05) is 60.9 Å². The Morgan fingerprint density at radius 1 is 0.930 bits per heavy atom. The van der Waals surface area contributed by atoms with Gasteiger partial charge in [0.05, 0.1) is 18.3 Å². The van der Waals surface area contributed by atoms with Gasteiger partial charge in [-0.1, -0.05) is 19.1 Å². The molecule has 0 radical (unpaired) electrons. The van der Waals surface area contributed by atoms with Crippen molar-refractivity contribution < 1.29 is 29.0 Å². The lowest BCUT2D eigenvalue weighted by Crippen LogP contribution is -2.46. The second kappa shape index (κ2) is 11.5. The van der Waals surface area contributed by atoms with Crippen molar-refractivity contribution in [1.29, 1.82) is 0 Å². The Labute approximate surface area is 254 Å². The molecule has 2 aromatic carbocycles. The molecule has 3 saturated heterocycles. The van der Waals surface area contributed by atoms with Gasteiger partial charge in [0.2, 0.25) is 11.8 Å². The van der Waals surface area contributed by atoms with E-state index in [0.29, 0.717) is 37.9 Å². The fourth-order valence-electron chi connectivity index (χ4n) is 7.95. The summed E-state index contributed by atoms with van der Waals surface area (Å²) >= 11 is 0. The highest BCUT2D eigenvalue weighted by molar-refractivity contribution is 6.71. The van der Waals surface area contributed by atoms with Crippen LogP contribution in [0.15, 0.2) is 42.5 Å². The number of amides is 3. The molecule has 0 aromatic heterocycles. The van der Waals surface area contributed by atoms with Crippen molar-refractivity contribution in [3.05, 3.63) is 53.6 Å². The second-order valence-electron chi connectivity index (χ2n) is 13.1. The Bertz CT molecular complexity index is 1430. The molecule has 3 fully saturated rings. The average molecular weight is 606 g/mol. The number of aliphatic hydroxyl groups is 1. The van der Waals surface area contributed by atoms with E-state index in [4.69, 9.17) is 4.74 Å². The number of benzene rings is 2. The van der Waals surface area contributed by atoms with Crippen molar-refractivity contribution in [2.75, 3.05) is 34.4 Å². The summed E-state index contributed by atoms with van der Waals surface area (Å²) < 4.78 is 6.78. The van der Waals surface area contributed by atoms with E-state index in [1.165, 1.54) is 0 Å². The first-order valence-electron chi connectivity index (χ1n) is 15.7. The first-order valence-corrected chi connectivity index (χ1v) is 18.8. The molecule has 43 heavy (non-hydrogen) atoms. The minimum atomic E-state index is -2.83. The van der Waals surface area contributed by atoms with Crippen molar-refractivity contribution >= 4 is 43.1 Å². The quantitative estimate of drug-likeness (QED) is 0.452. The van der Waals surface area contributed by atoms with Crippen molar-refractivity contribution in [2.45, 2.75) is 88.8 Å². The van der Waals surface area contributed by atoms with E-state index in [9.17, 15) is 24.3 Å². The zero-order valence-corrected chi connectivity index (χ0v) is 26.4. The molecule has 4 aliphatic heterocycles. The molecule has 4 aliphatic rings. The third kappa shape index (κ3) is 5.12. The third-order valence-electron chi connectivity index (χ3n) is 9.90. The molecule has 9 nitrogen and oxygen atoms in total. The third-order valence-corrected chi connectivity index (χ3v) is 12.4. The fraction of sp³-hybridized carbons (Fsp3) is 0.545. The first kappa shape index (κ1) is 30.0. The molecule has 2 N–H and O–H groups in total. The van der Waals surface area contributed by atoms with E-state index in [1.54, 1.807) is 9.80 Å². The molecule has 10 heteroatoms. The number of rotatable bonds is 7. The molecule has 6 rings (SSSR count). The lowest BCUT2D eigenvalue weighted by molar-refractivity contribution is -0.146. The van der Waals surface area contributed by atoms with Crippen molar-refractivity contribution in [3.63, 3.8) is 0 Å². The molecule has 2 aromatic rings. The highest BCUT2D eigenvalue weighted by Gasteiger charge is 2.66. The summed E-state index contributed by atoms with van der Waals surface area (Å²) in [4.78, 5) is 57.1. The van der Waals surface area contributed by atoms with E-state index >= 15 is 0 Å². The molecule has 4 atom stereocenters. The van der Waals surface area contributed by atoms with Crippen LogP contribution in [0.3, 0.4) is 0 Å². The summed E-state index contributed by atoms with van der Waals surface area (Å²) in [6.45, 7) is 7.23. The van der Waals surface area contributed by atoms with Crippen molar-refractivity contribution in [3.8, 4) is 0 Å². The van der Waals surface area contributed by atoms with Gasteiger partial charge in [0.1, 0.15) is 0 Å². The Hall–Kier alpha value is -3.05. The van der Waals surface area contributed by atoms with Crippen LogP contribution in [0.2, 0.25) is 18.6 Å². The van der Waals surface area contributed by atoms with E-state index in [2.05, 4.69) is 0 Å². The van der Waals surface area contributed by atoms with Crippen LogP contribution in [0.1, 0.15) is 63.0 Å². The molecular weight excluding hydrogens is 562 g/mol. The van der Waals surface area contributed by atoms with E-state index in [1.807, 2.05) is 67.4 Å².